The van der Waals surface area contributed by atoms with Crippen LogP contribution in [-0.4, -0.2) is 36.3 Å². The van der Waals surface area contributed by atoms with E-state index in [-0.39, 0.29) is 18.3 Å². The van der Waals surface area contributed by atoms with Gasteiger partial charge in [-0.2, -0.15) is 0 Å². The maximum atomic E-state index is 14.2. The first-order valence-corrected chi connectivity index (χ1v) is 16.3. The van der Waals surface area contributed by atoms with Crippen molar-refractivity contribution >= 4 is 52.6 Å². The second kappa shape index (κ2) is 14.1. The van der Waals surface area contributed by atoms with Gasteiger partial charge < -0.3 is 18.6 Å². The molecule has 1 atom stereocenters. The van der Waals surface area contributed by atoms with E-state index in [0.29, 0.717) is 71.9 Å². The minimum absolute atomic E-state index is 0.149. The fourth-order valence-electron chi connectivity index (χ4n) is 5.21. The highest BCUT2D eigenvalue weighted by Gasteiger charge is 2.36. The number of carbonyl (C=O) groups is 2. The van der Waals surface area contributed by atoms with Crippen LogP contribution in [0, 0.1) is 0 Å². The summed E-state index contributed by atoms with van der Waals surface area (Å²) in [6.45, 7) is 7.39. The smallest absolute Gasteiger partial charge is 0.339 e. The number of methoxy groups -OCH3 is 1. The quantitative estimate of drug-likeness (QED) is 0.171. The molecular weight excluding hydrogens is 651 g/mol. The molecule has 4 aromatic rings. The summed E-state index contributed by atoms with van der Waals surface area (Å²) in [4.78, 5) is 45.6. The van der Waals surface area contributed by atoms with Crippen LogP contribution in [-0.2, 0) is 14.3 Å². The Morgan fingerprint density at radius 1 is 1.07 bits per heavy atom. The molecule has 5 rings (SSSR count). The minimum atomic E-state index is -0.902. The third kappa shape index (κ3) is 6.70. The molecule has 12 heteroatoms. The number of furan rings is 1. The number of hydrogen-bond acceptors (Lipinski definition) is 9. The second-order valence-electron chi connectivity index (χ2n) is 10.6. The lowest BCUT2D eigenvalue weighted by atomic mass is 9.93. The van der Waals surface area contributed by atoms with Crippen LogP contribution >= 0.6 is 34.5 Å². The molecule has 0 saturated heterocycles. The van der Waals surface area contributed by atoms with Crippen molar-refractivity contribution in [3.05, 3.63) is 106 Å². The Labute approximate surface area is 279 Å². The fraction of sp³-hybridized carbons (Fsp3) is 0.294. The van der Waals surface area contributed by atoms with Gasteiger partial charge in [-0.15, -0.1) is 0 Å². The second-order valence-corrected chi connectivity index (χ2v) is 12.5. The maximum absolute atomic E-state index is 14.2. The third-order valence-corrected chi connectivity index (χ3v) is 8.54. The number of allylic oxidation sites excluding steroid dienone is 1. The average molecular weight is 684 g/mol. The predicted octanol–water partition coefficient (Wildman–Crippen LogP) is 6.72. The molecule has 0 fully saturated rings. The number of benzene rings is 2. The lowest BCUT2D eigenvalue weighted by molar-refractivity contribution is -0.139. The summed E-state index contributed by atoms with van der Waals surface area (Å²) < 4.78 is 24.4. The van der Waals surface area contributed by atoms with E-state index >= 15 is 0 Å². The minimum Gasteiger partial charge on any atom is -0.496 e. The van der Waals surface area contributed by atoms with Gasteiger partial charge in [0.2, 0.25) is 0 Å². The Kier molecular flexibility index (Phi) is 10.2. The summed E-state index contributed by atoms with van der Waals surface area (Å²) in [6, 6.07) is 12.4. The molecule has 0 unspecified atom stereocenters. The van der Waals surface area contributed by atoms with Gasteiger partial charge in [0.1, 0.15) is 23.3 Å². The third-order valence-electron chi connectivity index (χ3n) is 7.09. The summed E-state index contributed by atoms with van der Waals surface area (Å²) in [6.07, 6.45) is 2.49. The normalized spacial score (nSPS) is 14.7. The highest BCUT2D eigenvalue weighted by molar-refractivity contribution is 7.07. The SMILES string of the molecule is CCCC1=C(C(=O)OCC)[C@H](c2cc(Cl)ccc2OC)n2c(s/c(=C\c3ccc(-c4cc(Cl)ccc4C(=O)OC(C)C)o3)c2=O)=N1. The van der Waals surface area contributed by atoms with Gasteiger partial charge in [-0.1, -0.05) is 47.9 Å². The number of esters is 2. The van der Waals surface area contributed by atoms with Crippen LogP contribution in [0.25, 0.3) is 17.4 Å². The number of carbonyl (C=O) groups excluding carboxylic acids is 2. The monoisotopic (exact) mass is 682 g/mol. The Hall–Kier alpha value is -4.12. The summed E-state index contributed by atoms with van der Waals surface area (Å²) in [7, 11) is 1.51. The highest BCUT2D eigenvalue weighted by atomic mass is 35.5. The maximum Gasteiger partial charge on any atom is 0.339 e. The van der Waals surface area contributed by atoms with E-state index in [1.165, 1.54) is 11.7 Å². The summed E-state index contributed by atoms with van der Waals surface area (Å²) in [5.74, 6) is 0.101. The van der Waals surface area contributed by atoms with E-state index in [4.69, 9.17) is 46.8 Å². The van der Waals surface area contributed by atoms with Crippen LogP contribution < -0.4 is 19.6 Å². The van der Waals surface area contributed by atoms with Crippen LogP contribution in [0.5, 0.6) is 5.75 Å². The zero-order valence-electron chi connectivity index (χ0n) is 25.9. The number of hydrogen-bond donors (Lipinski definition) is 0. The number of rotatable bonds is 10. The van der Waals surface area contributed by atoms with Gasteiger partial charge in [-0.25, -0.2) is 14.6 Å². The zero-order chi connectivity index (χ0) is 33.1. The molecule has 0 bridgehead atoms. The first-order valence-electron chi connectivity index (χ1n) is 14.7. The number of ether oxygens (including phenoxy) is 3. The molecule has 0 amide bonds. The first kappa shape index (κ1) is 33.2. The van der Waals surface area contributed by atoms with Crippen molar-refractivity contribution in [1.29, 1.82) is 0 Å². The van der Waals surface area contributed by atoms with Crippen molar-refractivity contribution in [1.82, 2.24) is 4.57 Å². The van der Waals surface area contributed by atoms with Gasteiger partial charge >= 0.3 is 11.9 Å². The van der Waals surface area contributed by atoms with Crippen molar-refractivity contribution in [3.8, 4) is 17.1 Å². The zero-order valence-corrected chi connectivity index (χ0v) is 28.2. The highest BCUT2D eigenvalue weighted by Crippen LogP contribution is 2.38. The molecule has 240 valence electrons. The molecule has 0 radical (unpaired) electrons. The van der Waals surface area contributed by atoms with E-state index in [0.717, 1.165) is 11.3 Å². The van der Waals surface area contributed by atoms with Gasteiger partial charge in [0, 0.05) is 27.2 Å². The number of nitrogens with zero attached hydrogens (tertiary/aromatic N) is 2. The Balaban J connectivity index is 1.68. The van der Waals surface area contributed by atoms with Crippen molar-refractivity contribution in [2.24, 2.45) is 4.99 Å². The van der Waals surface area contributed by atoms with Gasteiger partial charge in [0.15, 0.2) is 4.80 Å². The van der Waals surface area contributed by atoms with Crippen molar-refractivity contribution in [2.75, 3.05) is 13.7 Å². The molecule has 0 N–H and O–H groups in total. The molecule has 9 nitrogen and oxygen atoms in total. The lowest BCUT2D eigenvalue weighted by Crippen LogP contribution is -2.40. The Bertz CT molecular complexity index is 2020. The van der Waals surface area contributed by atoms with E-state index in [2.05, 4.69) is 0 Å². The summed E-state index contributed by atoms with van der Waals surface area (Å²) >= 11 is 13.9. The predicted molar refractivity (Wildman–Crippen MR) is 177 cm³/mol. The van der Waals surface area contributed by atoms with E-state index in [9.17, 15) is 14.4 Å². The van der Waals surface area contributed by atoms with Crippen molar-refractivity contribution in [2.45, 2.75) is 52.7 Å². The molecule has 1 aliphatic rings. The van der Waals surface area contributed by atoms with Crippen LogP contribution in [0.2, 0.25) is 10.0 Å². The van der Waals surface area contributed by atoms with Crippen LogP contribution in [0.3, 0.4) is 0 Å². The molecule has 2 aromatic carbocycles. The molecule has 3 heterocycles. The molecular formula is C34H32Cl2N2O7S. The van der Waals surface area contributed by atoms with Crippen molar-refractivity contribution in [3.63, 3.8) is 0 Å². The number of halogens is 2. The van der Waals surface area contributed by atoms with Crippen molar-refractivity contribution < 1.29 is 28.2 Å². The molecule has 0 spiro atoms. The number of fused-ring (bicyclic) bond motifs is 1. The molecule has 1 aliphatic heterocycles. The van der Waals surface area contributed by atoms with E-state index in [1.807, 2.05) is 6.92 Å². The van der Waals surface area contributed by atoms with Gasteiger partial charge in [-0.3, -0.25) is 9.36 Å². The topological polar surface area (TPSA) is 109 Å². The Morgan fingerprint density at radius 2 is 1.80 bits per heavy atom. The van der Waals surface area contributed by atoms with E-state index in [1.54, 1.807) is 75.4 Å². The first-order chi connectivity index (χ1) is 22.1. The van der Waals surface area contributed by atoms with Gasteiger partial charge in [0.25, 0.3) is 5.56 Å². The van der Waals surface area contributed by atoms with Crippen LogP contribution in [0.1, 0.15) is 68.3 Å². The van der Waals surface area contributed by atoms with Gasteiger partial charge in [-0.05, 0) is 75.7 Å². The fourth-order valence-corrected chi connectivity index (χ4v) is 6.57. The summed E-state index contributed by atoms with van der Waals surface area (Å²) in [5.41, 5.74) is 1.67. The standard InChI is InChI=1S/C34H32Cl2N2O7S/c1-6-8-25-29(33(41)43-7-2)30(24-16-20(36)10-13-26(24)42-5)38-31(39)28(46-34(38)37-25)17-21-11-14-27(45-21)23-15-19(35)9-12-22(23)32(40)44-18(3)4/h9-18,30H,6-8H2,1-5H3/b28-17-/t30-/m0/s1. The Morgan fingerprint density at radius 3 is 2.50 bits per heavy atom. The lowest BCUT2D eigenvalue weighted by Gasteiger charge is -2.27. The average Bonchev–Trinajstić information content (AvgIpc) is 3.60. The van der Waals surface area contributed by atoms with Crippen LogP contribution in [0.4, 0.5) is 0 Å². The number of thiazole rings is 1. The molecule has 46 heavy (non-hydrogen) atoms. The molecule has 0 saturated carbocycles. The number of aromatic nitrogens is 1. The van der Waals surface area contributed by atoms with Crippen LogP contribution in [0.15, 0.2) is 74.0 Å². The largest absolute Gasteiger partial charge is 0.496 e. The van der Waals surface area contributed by atoms with Gasteiger partial charge in [0.05, 0.1) is 41.2 Å². The van der Waals surface area contributed by atoms with E-state index < -0.39 is 23.5 Å². The molecule has 0 aliphatic carbocycles. The summed E-state index contributed by atoms with van der Waals surface area (Å²) in [5, 5.41) is 0.829. The molecule has 2 aromatic heterocycles.